The van der Waals surface area contributed by atoms with E-state index in [1.54, 1.807) is 0 Å². The Labute approximate surface area is 140 Å². The molecule has 1 aliphatic heterocycles. The molecule has 0 bridgehead atoms. The van der Waals surface area contributed by atoms with Crippen molar-refractivity contribution >= 4 is 18.3 Å². The minimum Gasteiger partial charge on any atom is -0.386 e. The molecule has 2 aliphatic rings. The van der Waals surface area contributed by atoms with E-state index >= 15 is 0 Å². The van der Waals surface area contributed by atoms with Gasteiger partial charge in [-0.2, -0.15) is 0 Å². The number of rotatable bonds is 4. The Morgan fingerprint density at radius 3 is 2.57 bits per heavy atom. The van der Waals surface area contributed by atoms with Crippen molar-refractivity contribution in [2.24, 2.45) is 11.3 Å². The number of halogens is 3. The minimum absolute atomic E-state index is 0. The van der Waals surface area contributed by atoms with Gasteiger partial charge in [-0.15, -0.1) is 12.4 Å². The van der Waals surface area contributed by atoms with Crippen molar-refractivity contribution in [3.8, 4) is 0 Å². The number of nitrogens with one attached hydrogen (secondary N) is 2. The minimum atomic E-state index is -1.38. The molecule has 4 nitrogen and oxygen atoms in total. The van der Waals surface area contributed by atoms with Gasteiger partial charge in [0.2, 0.25) is 5.91 Å². The van der Waals surface area contributed by atoms with Crippen LogP contribution >= 0.6 is 12.4 Å². The van der Waals surface area contributed by atoms with Crippen LogP contribution in [0.4, 0.5) is 8.78 Å². The van der Waals surface area contributed by atoms with Gasteiger partial charge < -0.3 is 15.7 Å². The van der Waals surface area contributed by atoms with E-state index in [2.05, 4.69) is 10.6 Å². The predicted octanol–water partition coefficient (Wildman–Crippen LogP) is 1.93. The predicted molar refractivity (Wildman–Crippen MR) is 84.2 cm³/mol. The normalized spacial score (nSPS) is 23.0. The summed E-state index contributed by atoms with van der Waals surface area (Å²) in [6, 6.07) is 3.42. The fourth-order valence-electron chi connectivity index (χ4n) is 3.45. The number of benzene rings is 1. The highest BCUT2D eigenvalue weighted by Gasteiger charge is 2.57. The molecular formula is C16H21ClF2N2O2. The highest BCUT2D eigenvalue weighted by Crippen LogP contribution is 2.58. The largest absolute Gasteiger partial charge is 0.386 e. The van der Waals surface area contributed by atoms with Gasteiger partial charge in [0.25, 0.3) is 0 Å². The Kier molecular flexibility index (Phi) is 5.60. The summed E-state index contributed by atoms with van der Waals surface area (Å²) in [6.07, 6.45) is 1.45. The molecule has 0 aromatic heterocycles. The molecule has 2 atom stereocenters. The number of piperidine rings is 1. The number of carbonyl (C=O) groups excluding carboxylic acids is 1. The lowest BCUT2D eigenvalue weighted by Crippen LogP contribution is -2.35. The number of aliphatic hydroxyl groups is 1. The van der Waals surface area contributed by atoms with Crippen LogP contribution in [-0.2, 0) is 4.79 Å². The zero-order valence-electron chi connectivity index (χ0n) is 12.6. The monoisotopic (exact) mass is 346 g/mol. The molecule has 7 heteroatoms. The van der Waals surface area contributed by atoms with Crippen LogP contribution in [0.25, 0.3) is 0 Å². The summed E-state index contributed by atoms with van der Waals surface area (Å²) >= 11 is 0. The molecule has 2 unspecified atom stereocenters. The first kappa shape index (κ1) is 18.1. The van der Waals surface area contributed by atoms with Crippen LogP contribution in [0.15, 0.2) is 18.2 Å². The lowest BCUT2D eigenvalue weighted by atomic mass is 9.92. The fourth-order valence-corrected chi connectivity index (χ4v) is 3.45. The van der Waals surface area contributed by atoms with Crippen molar-refractivity contribution in [1.82, 2.24) is 10.6 Å². The highest BCUT2D eigenvalue weighted by atomic mass is 35.5. The maximum Gasteiger partial charge on any atom is 0.223 e. The van der Waals surface area contributed by atoms with Crippen molar-refractivity contribution in [3.05, 3.63) is 35.4 Å². The third-order valence-corrected chi connectivity index (χ3v) is 4.91. The first-order valence-corrected chi connectivity index (χ1v) is 7.64. The Morgan fingerprint density at radius 2 is 1.96 bits per heavy atom. The zero-order valence-corrected chi connectivity index (χ0v) is 13.5. The van der Waals surface area contributed by atoms with Crippen LogP contribution in [0.3, 0.4) is 0 Å². The Balaban J connectivity index is 0.00000192. The first-order valence-electron chi connectivity index (χ1n) is 7.64. The molecule has 1 aliphatic carbocycles. The van der Waals surface area contributed by atoms with E-state index in [4.69, 9.17) is 0 Å². The summed E-state index contributed by atoms with van der Waals surface area (Å²) in [7, 11) is 0. The molecule has 3 N–H and O–H groups in total. The van der Waals surface area contributed by atoms with E-state index in [0.717, 1.165) is 44.5 Å². The van der Waals surface area contributed by atoms with Crippen molar-refractivity contribution < 1.29 is 18.7 Å². The van der Waals surface area contributed by atoms with Crippen LogP contribution in [0.1, 0.15) is 30.9 Å². The standard InChI is InChI=1S/C16H20F2N2O2.ClH/c17-11-2-1-3-12(18)14(11)13(21)9-20-15(22)10-8-16(10)4-6-19-7-5-16;/h1-3,10,13,19,21H,4-9H2,(H,20,22);1H. The average molecular weight is 347 g/mol. The maximum atomic E-state index is 13.6. The molecule has 1 aromatic carbocycles. The van der Waals surface area contributed by atoms with E-state index in [9.17, 15) is 18.7 Å². The number of carbonyl (C=O) groups is 1. The Bertz CT molecular complexity index is 559. The molecule has 3 rings (SSSR count). The molecule has 128 valence electrons. The number of hydrogen-bond donors (Lipinski definition) is 3. The molecule has 1 heterocycles. The fraction of sp³-hybridized carbons (Fsp3) is 0.562. The van der Waals surface area contributed by atoms with Crippen LogP contribution in [-0.4, -0.2) is 30.6 Å². The third kappa shape index (κ3) is 3.65. The molecule has 1 amide bonds. The van der Waals surface area contributed by atoms with E-state index in [0.29, 0.717) is 0 Å². The van der Waals surface area contributed by atoms with E-state index in [1.165, 1.54) is 6.07 Å². The molecule has 1 saturated carbocycles. The van der Waals surface area contributed by atoms with Crippen LogP contribution in [0, 0.1) is 23.0 Å². The summed E-state index contributed by atoms with van der Waals surface area (Å²) < 4.78 is 27.1. The third-order valence-electron chi connectivity index (χ3n) is 4.91. The van der Waals surface area contributed by atoms with Gasteiger partial charge in [0, 0.05) is 12.5 Å². The Morgan fingerprint density at radius 1 is 1.35 bits per heavy atom. The lowest BCUT2D eigenvalue weighted by molar-refractivity contribution is -0.123. The van der Waals surface area contributed by atoms with Crippen LogP contribution < -0.4 is 10.6 Å². The van der Waals surface area contributed by atoms with Gasteiger partial charge in [0.05, 0.1) is 5.56 Å². The zero-order chi connectivity index (χ0) is 15.7. The SMILES string of the molecule is Cl.O=C(NCC(O)c1c(F)cccc1F)C1CC12CCNCC2. The topological polar surface area (TPSA) is 61.4 Å². The smallest absolute Gasteiger partial charge is 0.223 e. The van der Waals surface area contributed by atoms with Gasteiger partial charge in [-0.3, -0.25) is 4.79 Å². The lowest BCUT2D eigenvalue weighted by Gasteiger charge is -2.23. The molecule has 23 heavy (non-hydrogen) atoms. The van der Waals surface area contributed by atoms with Crippen LogP contribution in [0.5, 0.6) is 0 Å². The average Bonchev–Trinajstić information content (AvgIpc) is 3.18. The van der Waals surface area contributed by atoms with Gasteiger partial charge in [-0.05, 0) is 49.9 Å². The Hall–Kier alpha value is -1.24. The van der Waals surface area contributed by atoms with E-state index in [1.807, 2.05) is 0 Å². The summed E-state index contributed by atoms with van der Waals surface area (Å²) in [5, 5.41) is 15.8. The van der Waals surface area contributed by atoms with Crippen LogP contribution in [0.2, 0.25) is 0 Å². The maximum absolute atomic E-state index is 13.6. The molecule has 1 aromatic rings. The van der Waals surface area contributed by atoms with E-state index in [-0.39, 0.29) is 36.2 Å². The molecule has 1 spiro atoms. The molecule has 1 saturated heterocycles. The highest BCUT2D eigenvalue weighted by molar-refractivity contribution is 5.85. The van der Waals surface area contributed by atoms with Crippen molar-refractivity contribution in [3.63, 3.8) is 0 Å². The van der Waals surface area contributed by atoms with Crippen molar-refractivity contribution in [2.75, 3.05) is 19.6 Å². The van der Waals surface area contributed by atoms with Gasteiger partial charge in [-0.1, -0.05) is 6.07 Å². The summed E-state index contributed by atoms with van der Waals surface area (Å²) in [4.78, 5) is 12.2. The molecule has 2 fully saturated rings. The second-order valence-corrected chi connectivity index (χ2v) is 6.27. The van der Waals surface area contributed by atoms with Crippen molar-refractivity contribution in [2.45, 2.75) is 25.4 Å². The van der Waals surface area contributed by atoms with Crippen molar-refractivity contribution in [1.29, 1.82) is 0 Å². The van der Waals surface area contributed by atoms with Gasteiger partial charge in [0.1, 0.15) is 17.7 Å². The second kappa shape index (κ2) is 7.11. The molecule has 0 radical (unpaired) electrons. The summed E-state index contributed by atoms with van der Waals surface area (Å²) in [5.41, 5.74) is -0.293. The molecular weight excluding hydrogens is 326 g/mol. The van der Waals surface area contributed by atoms with Gasteiger partial charge >= 0.3 is 0 Å². The van der Waals surface area contributed by atoms with E-state index < -0.39 is 23.3 Å². The first-order chi connectivity index (χ1) is 10.5. The van der Waals surface area contributed by atoms with Gasteiger partial charge in [0.15, 0.2) is 0 Å². The number of amides is 1. The van der Waals surface area contributed by atoms with Gasteiger partial charge in [-0.25, -0.2) is 8.78 Å². The second-order valence-electron chi connectivity index (χ2n) is 6.27. The number of aliphatic hydroxyl groups excluding tert-OH is 1. The summed E-state index contributed by atoms with van der Waals surface area (Å²) in [5.74, 6) is -1.77. The quantitative estimate of drug-likeness (QED) is 0.780. The summed E-state index contributed by atoms with van der Waals surface area (Å²) in [6.45, 7) is 1.67. The number of hydrogen-bond acceptors (Lipinski definition) is 3.